The number of carbonyl (C=O) groups excluding carboxylic acids is 2. The zero-order valence-corrected chi connectivity index (χ0v) is 14.7. The number of imide groups is 1. The van der Waals surface area contributed by atoms with Crippen molar-refractivity contribution in [3.05, 3.63) is 20.1 Å². The Bertz CT molecular complexity index is 931. The number of aromatic nitrogens is 1. The van der Waals surface area contributed by atoms with Crippen LogP contribution in [0.3, 0.4) is 0 Å². The van der Waals surface area contributed by atoms with Gasteiger partial charge in [0, 0.05) is 5.25 Å². The van der Waals surface area contributed by atoms with Gasteiger partial charge in [0.05, 0.1) is 21.7 Å². The van der Waals surface area contributed by atoms with Gasteiger partial charge in [0.25, 0.3) is 0 Å². The Morgan fingerprint density at radius 3 is 2.76 bits per heavy atom. The van der Waals surface area contributed by atoms with Crippen LogP contribution in [0.5, 0.6) is 0 Å². The Hall–Kier alpha value is -1.87. The molecule has 1 aromatic heterocycles. The summed E-state index contributed by atoms with van der Waals surface area (Å²) in [6.45, 7) is 1.38. The third-order valence-corrected chi connectivity index (χ3v) is 8.32. The molecule has 0 aromatic carbocycles. The lowest BCUT2D eigenvalue weighted by molar-refractivity contribution is -0.154. The molecular formula is C16H14N2O5S2. The quantitative estimate of drug-likeness (QED) is 0.744. The van der Waals surface area contributed by atoms with E-state index in [1.807, 2.05) is 6.08 Å². The molecule has 4 aliphatic rings. The monoisotopic (exact) mass is 378 g/mol. The molecule has 7 nitrogen and oxygen atoms in total. The molecule has 2 N–H and O–H groups in total. The Kier molecular flexibility index (Phi) is 2.99. The molecule has 9 heteroatoms. The van der Waals surface area contributed by atoms with Crippen LogP contribution in [0.2, 0.25) is 0 Å². The summed E-state index contributed by atoms with van der Waals surface area (Å²) in [7, 11) is 0. The molecule has 3 fully saturated rings. The van der Waals surface area contributed by atoms with Crippen LogP contribution in [0.25, 0.3) is 6.08 Å². The maximum atomic E-state index is 12.8. The number of aromatic amines is 1. The first-order chi connectivity index (χ1) is 11.9. The van der Waals surface area contributed by atoms with Gasteiger partial charge in [-0.1, -0.05) is 28.7 Å². The molecule has 6 atom stereocenters. The Morgan fingerprint density at radius 2 is 2.04 bits per heavy atom. The Morgan fingerprint density at radius 1 is 1.32 bits per heavy atom. The van der Waals surface area contributed by atoms with Gasteiger partial charge in [-0.25, -0.2) is 4.79 Å². The summed E-state index contributed by atoms with van der Waals surface area (Å²) >= 11 is 2.72. The molecule has 2 saturated carbocycles. The molecule has 2 amide bonds. The summed E-state index contributed by atoms with van der Waals surface area (Å²) in [5, 5.41) is 10.1. The summed E-state index contributed by atoms with van der Waals surface area (Å²) in [5.41, 5.74) is 1.13. The minimum Gasteiger partial charge on any atom is -0.480 e. The summed E-state index contributed by atoms with van der Waals surface area (Å²) in [6.07, 6.45) is 2.78. The molecule has 5 rings (SSSR count). The van der Waals surface area contributed by atoms with Gasteiger partial charge >= 0.3 is 10.8 Å². The van der Waals surface area contributed by atoms with Gasteiger partial charge in [0.15, 0.2) is 0 Å². The second-order valence-corrected chi connectivity index (χ2v) is 9.18. The summed E-state index contributed by atoms with van der Waals surface area (Å²) in [6, 6.07) is -1.13. The molecule has 2 aliphatic heterocycles. The van der Waals surface area contributed by atoms with Gasteiger partial charge in [-0.3, -0.25) is 19.3 Å². The molecular weight excluding hydrogens is 364 g/mol. The fourth-order valence-electron chi connectivity index (χ4n) is 4.93. The number of likely N-dealkylation sites (tertiary alicyclic amines) is 1. The van der Waals surface area contributed by atoms with Crippen LogP contribution in [0, 0.1) is 23.7 Å². The van der Waals surface area contributed by atoms with Gasteiger partial charge in [-0.2, -0.15) is 0 Å². The van der Waals surface area contributed by atoms with Crippen molar-refractivity contribution < 1.29 is 19.5 Å². The molecule has 1 saturated heterocycles. The number of H-pyrrole nitrogens is 1. The second-order valence-electron chi connectivity index (χ2n) is 7.01. The van der Waals surface area contributed by atoms with Gasteiger partial charge < -0.3 is 10.1 Å². The first-order valence-corrected chi connectivity index (χ1v) is 9.79. The van der Waals surface area contributed by atoms with E-state index in [1.54, 1.807) is 11.8 Å². The van der Waals surface area contributed by atoms with Crippen LogP contribution in [0.4, 0.5) is 0 Å². The number of hydrogen-bond acceptors (Lipinski definition) is 6. The van der Waals surface area contributed by atoms with Gasteiger partial charge in [0.1, 0.15) is 6.04 Å². The number of nitrogens with zero attached hydrogens (tertiary/aromatic N) is 1. The summed E-state index contributed by atoms with van der Waals surface area (Å²) in [5.74, 6) is -2.75. The number of rotatable bonds is 2. The smallest absolute Gasteiger partial charge is 0.326 e. The number of hydrogen-bond donors (Lipinski definition) is 2. The van der Waals surface area contributed by atoms with Crippen LogP contribution in [-0.4, -0.2) is 44.1 Å². The lowest BCUT2D eigenvalue weighted by Crippen LogP contribution is -2.44. The zero-order chi connectivity index (χ0) is 17.6. The number of carboxylic acid groups (broad SMARTS) is 1. The highest BCUT2D eigenvalue weighted by molar-refractivity contribution is 8.00. The number of fused-ring (bicyclic) bond motifs is 9. The maximum Gasteiger partial charge on any atom is 0.326 e. The lowest BCUT2D eigenvalue weighted by atomic mass is 9.77. The minimum absolute atomic E-state index is 0.0187. The summed E-state index contributed by atoms with van der Waals surface area (Å²) in [4.78, 5) is 53.1. The van der Waals surface area contributed by atoms with E-state index in [1.165, 1.54) is 6.92 Å². The van der Waals surface area contributed by atoms with E-state index in [9.17, 15) is 24.3 Å². The third kappa shape index (κ3) is 1.82. The average Bonchev–Trinajstić information content (AvgIpc) is 3.25. The van der Waals surface area contributed by atoms with Gasteiger partial charge in [-0.15, -0.1) is 0 Å². The largest absolute Gasteiger partial charge is 0.480 e. The first kappa shape index (κ1) is 15.4. The lowest BCUT2D eigenvalue weighted by Gasteiger charge is -2.32. The van der Waals surface area contributed by atoms with Crippen molar-refractivity contribution in [2.75, 3.05) is 0 Å². The molecule has 2 aliphatic carbocycles. The number of carboxylic acids is 1. The highest BCUT2D eigenvalue weighted by Gasteiger charge is 2.67. The molecule has 0 unspecified atom stereocenters. The number of thiazole rings is 1. The van der Waals surface area contributed by atoms with Crippen LogP contribution in [-0.2, 0) is 14.4 Å². The van der Waals surface area contributed by atoms with E-state index >= 15 is 0 Å². The Labute approximate surface area is 150 Å². The van der Waals surface area contributed by atoms with Crippen molar-refractivity contribution in [1.29, 1.82) is 0 Å². The molecule has 1 aromatic rings. The topological polar surface area (TPSA) is 108 Å². The highest BCUT2D eigenvalue weighted by atomic mass is 32.2. The average molecular weight is 378 g/mol. The number of aliphatic carboxylic acids is 1. The maximum absolute atomic E-state index is 12.8. The second kappa shape index (κ2) is 4.85. The molecule has 25 heavy (non-hydrogen) atoms. The fraction of sp³-hybridized carbons (Fsp3) is 0.500. The predicted octanol–water partition coefficient (Wildman–Crippen LogP) is 1.02. The molecule has 0 spiro atoms. The highest BCUT2D eigenvalue weighted by Crippen LogP contribution is 2.64. The van der Waals surface area contributed by atoms with Crippen molar-refractivity contribution >= 4 is 47.0 Å². The normalized spacial score (nSPS) is 36.1. The predicted molar refractivity (Wildman–Crippen MR) is 90.1 cm³/mol. The number of amides is 2. The zero-order valence-electron chi connectivity index (χ0n) is 13.1. The van der Waals surface area contributed by atoms with Crippen LogP contribution in [0.1, 0.15) is 18.2 Å². The molecule has 130 valence electrons. The van der Waals surface area contributed by atoms with E-state index in [-0.39, 0.29) is 33.8 Å². The molecule has 0 radical (unpaired) electrons. The van der Waals surface area contributed by atoms with Crippen molar-refractivity contribution in [2.24, 2.45) is 23.7 Å². The van der Waals surface area contributed by atoms with Gasteiger partial charge in [-0.05, 0) is 31.3 Å². The van der Waals surface area contributed by atoms with E-state index in [0.29, 0.717) is 0 Å². The van der Waals surface area contributed by atoms with Crippen LogP contribution in [0.15, 0.2) is 15.4 Å². The first-order valence-electron chi connectivity index (χ1n) is 8.09. The van der Waals surface area contributed by atoms with Crippen molar-refractivity contribution in [3.63, 3.8) is 0 Å². The molecule has 2 bridgehead atoms. The SMILES string of the molecule is C[C@H](C(=O)O)N1C(=O)[C@@H]2[C@H]3C[C@@H](C4=Cc5sc(=O)[nH]c5S[C@H]43)[C@H]2C1=O. The van der Waals surface area contributed by atoms with E-state index in [2.05, 4.69) is 4.98 Å². The number of thioether (sulfide) groups is 1. The van der Waals surface area contributed by atoms with Crippen molar-refractivity contribution in [1.82, 2.24) is 9.88 Å². The van der Waals surface area contributed by atoms with E-state index in [0.717, 1.165) is 38.1 Å². The molecule has 3 heterocycles. The standard InChI is InChI=1S/C16H14N2O5S2/c1-4(15(21)22)18-13(19)9-5-2-7(10(9)14(18)20)11-6(5)3-8-12(25-11)17-16(23)24-8/h3-5,7,9-11H,2H2,1H3,(H,17,23)(H,21,22)/t4-,5+,7-,9-,10-,11-/m1/s1. The fourth-order valence-corrected chi connectivity index (χ4v) is 7.37. The summed E-state index contributed by atoms with van der Waals surface area (Å²) < 4.78 is 0. The van der Waals surface area contributed by atoms with Crippen molar-refractivity contribution in [2.45, 2.75) is 29.7 Å². The Balaban J connectivity index is 1.55. The van der Waals surface area contributed by atoms with Gasteiger partial charge in [0.2, 0.25) is 11.8 Å². The third-order valence-electron chi connectivity index (χ3n) is 5.93. The van der Waals surface area contributed by atoms with Crippen molar-refractivity contribution in [3.8, 4) is 0 Å². The number of nitrogens with one attached hydrogen (secondary N) is 1. The van der Waals surface area contributed by atoms with Crippen LogP contribution >= 0.6 is 23.1 Å². The van der Waals surface area contributed by atoms with E-state index < -0.39 is 23.8 Å². The van der Waals surface area contributed by atoms with E-state index in [4.69, 9.17) is 0 Å². The van der Waals surface area contributed by atoms with Crippen LogP contribution < -0.4 is 4.87 Å². The number of carbonyl (C=O) groups is 3. The minimum atomic E-state index is -1.17.